The quantitative estimate of drug-likeness (QED) is 0.343. The molecule has 0 radical (unpaired) electrons. The second-order valence-electron chi connectivity index (χ2n) is 8.84. The molecule has 202 valence electrons. The lowest BCUT2D eigenvalue weighted by atomic mass is 9.88. The molecule has 15 heteroatoms. The third kappa shape index (κ3) is 4.99. The number of hydrogen-bond donors (Lipinski definition) is 2. The highest BCUT2D eigenvalue weighted by Crippen LogP contribution is 2.45. The molecule has 1 saturated carbocycles. The van der Waals surface area contributed by atoms with Gasteiger partial charge in [0.2, 0.25) is 0 Å². The Hall–Kier alpha value is -4.17. The second-order valence-corrected chi connectivity index (χ2v) is 8.84. The number of carbonyl (C=O) groups excluding carboxylic acids is 2. The summed E-state index contributed by atoms with van der Waals surface area (Å²) < 4.78 is 86.4. The zero-order chi connectivity index (χ0) is 28.0. The van der Waals surface area contributed by atoms with Gasteiger partial charge in [-0.3, -0.25) is 9.48 Å². The summed E-state index contributed by atoms with van der Waals surface area (Å²) >= 11 is 0. The number of nitrogen functional groups attached to an aromatic ring is 1. The fraction of sp³-hybridized carbons (Fsp3) is 0.348. The van der Waals surface area contributed by atoms with Crippen LogP contribution >= 0.6 is 0 Å². The van der Waals surface area contributed by atoms with Crippen molar-refractivity contribution in [1.82, 2.24) is 19.7 Å². The van der Waals surface area contributed by atoms with Crippen LogP contribution in [-0.4, -0.2) is 44.0 Å². The molecule has 2 heterocycles. The molecule has 0 saturated heterocycles. The van der Waals surface area contributed by atoms with E-state index in [4.69, 9.17) is 11.5 Å². The molecule has 4 N–H and O–H groups in total. The Labute approximate surface area is 210 Å². The minimum absolute atomic E-state index is 0.00517. The van der Waals surface area contributed by atoms with E-state index in [9.17, 15) is 35.9 Å². The molecule has 1 unspecified atom stereocenters. The van der Waals surface area contributed by atoms with Crippen molar-refractivity contribution in [2.45, 2.75) is 44.3 Å². The predicted octanol–water partition coefficient (Wildman–Crippen LogP) is 3.66. The van der Waals surface area contributed by atoms with E-state index in [2.05, 4.69) is 19.8 Å². The van der Waals surface area contributed by atoms with Crippen molar-refractivity contribution < 1.29 is 40.7 Å². The van der Waals surface area contributed by atoms with Crippen LogP contribution in [0.5, 0.6) is 0 Å². The average Bonchev–Trinajstić information content (AvgIpc) is 3.51. The van der Waals surface area contributed by atoms with E-state index in [1.165, 1.54) is 13.1 Å². The van der Waals surface area contributed by atoms with E-state index in [1.807, 2.05) is 0 Å². The van der Waals surface area contributed by atoms with E-state index in [-0.39, 0.29) is 22.8 Å². The number of nitrogens with zero attached hydrogens (tertiary/aromatic N) is 4. The van der Waals surface area contributed by atoms with Crippen LogP contribution in [-0.2, 0) is 26.5 Å². The highest BCUT2D eigenvalue weighted by molar-refractivity contribution is 5.90. The second kappa shape index (κ2) is 9.29. The van der Waals surface area contributed by atoms with Crippen LogP contribution in [0.2, 0.25) is 0 Å². The number of anilines is 1. The standard InChI is InChI=1S/C23H20F6N6O3/c1-11-2-5-14(21(19(31)36,23(27,28)29)38-20(37)22(24,25)26)6-15(11)16-8-32-18(30)17(34-16)13-7-33-35(10-13)9-12-3-4-12/h2,5-8,10,12H,3-4,9H2,1H3,(H2,30,32)(H2,31,36). The lowest BCUT2D eigenvalue weighted by Crippen LogP contribution is -2.57. The molecule has 3 aromatic rings. The number of alkyl halides is 6. The SMILES string of the molecule is Cc1ccc(C(OC(=O)C(F)(F)F)(C(N)=O)C(F)(F)F)cc1-c1cnc(N)c(-c2cnn(CC3CC3)c2)n1. The fourth-order valence-corrected chi connectivity index (χ4v) is 3.82. The monoisotopic (exact) mass is 542 g/mol. The van der Waals surface area contributed by atoms with Crippen molar-refractivity contribution >= 4 is 17.7 Å². The highest BCUT2D eigenvalue weighted by atomic mass is 19.4. The number of aromatic nitrogens is 4. The molecule has 1 amide bonds. The van der Waals surface area contributed by atoms with Crippen LogP contribution in [0.15, 0.2) is 36.8 Å². The average molecular weight is 542 g/mol. The first-order chi connectivity index (χ1) is 17.6. The summed E-state index contributed by atoms with van der Waals surface area (Å²) in [6.45, 7) is 2.17. The summed E-state index contributed by atoms with van der Waals surface area (Å²) in [7, 11) is 0. The molecule has 1 aromatic carbocycles. The van der Waals surface area contributed by atoms with Gasteiger partial charge in [-0.15, -0.1) is 0 Å². The minimum Gasteiger partial charge on any atom is -0.427 e. The van der Waals surface area contributed by atoms with Gasteiger partial charge in [0, 0.05) is 29.4 Å². The number of halogens is 6. The molecule has 4 rings (SSSR count). The molecule has 1 aliphatic rings. The smallest absolute Gasteiger partial charge is 0.427 e. The molecular formula is C23H20F6N6O3. The fourth-order valence-electron chi connectivity index (χ4n) is 3.82. The van der Waals surface area contributed by atoms with Crippen LogP contribution in [0, 0.1) is 12.8 Å². The molecule has 9 nitrogen and oxygen atoms in total. The highest BCUT2D eigenvalue weighted by Gasteiger charge is 2.66. The zero-order valence-electron chi connectivity index (χ0n) is 19.6. The Morgan fingerprint density at radius 3 is 2.39 bits per heavy atom. The van der Waals surface area contributed by atoms with Gasteiger partial charge in [0.25, 0.3) is 5.91 Å². The van der Waals surface area contributed by atoms with Gasteiger partial charge < -0.3 is 16.2 Å². The zero-order valence-corrected chi connectivity index (χ0v) is 19.6. The summed E-state index contributed by atoms with van der Waals surface area (Å²) in [4.78, 5) is 31.9. The predicted molar refractivity (Wildman–Crippen MR) is 120 cm³/mol. The summed E-state index contributed by atoms with van der Waals surface area (Å²) in [5.74, 6) is -5.10. The molecule has 0 bridgehead atoms. The number of amides is 1. The maximum absolute atomic E-state index is 14.1. The van der Waals surface area contributed by atoms with E-state index in [0.717, 1.165) is 31.2 Å². The minimum atomic E-state index is -5.85. The Morgan fingerprint density at radius 1 is 1.13 bits per heavy atom. The van der Waals surface area contributed by atoms with Gasteiger partial charge in [0.05, 0.1) is 18.1 Å². The molecule has 0 aliphatic heterocycles. The topological polar surface area (TPSA) is 139 Å². The maximum atomic E-state index is 14.1. The van der Waals surface area contributed by atoms with Crippen LogP contribution in [0.25, 0.3) is 22.5 Å². The molecule has 1 atom stereocenters. The van der Waals surface area contributed by atoms with Crippen molar-refractivity contribution in [1.29, 1.82) is 0 Å². The first-order valence-corrected chi connectivity index (χ1v) is 11.1. The third-order valence-electron chi connectivity index (χ3n) is 5.99. The van der Waals surface area contributed by atoms with Crippen LogP contribution < -0.4 is 11.5 Å². The van der Waals surface area contributed by atoms with Crippen molar-refractivity contribution in [3.8, 4) is 22.5 Å². The Balaban J connectivity index is 1.82. The normalized spacial score (nSPS) is 15.7. The molecule has 2 aromatic heterocycles. The van der Waals surface area contributed by atoms with Crippen molar-refractivity contribution in [3.05, 3.63) is 47.9 Å². The van der Waals surface area contributed by atoms with Crippen molar-refractivity contribution in [2.24, 2.45) is 11.7 Å². The summed E-state index contributed by atoms with van der Waals surface area (Å²) in [6.07, 6.45) is -5.18. The van der Waals surface area contributed by atoms with Gasteiger partial charge in [-0.05, 0) is 37.3 Å². The molecule has 1 aliphatic carbocycles. The number of ether oxygens (including phenoxy) is 1. The van der Waals surface area contributed by atoms with Gasteiger partial charge in [-0.1, -0.05) is 12.1 Å². The molecule has 1 fully saturated rings. The van der Waals surface area contributed by atoms with Crippen molar-refractivity contribution in [3.63, 3.8) is 0 Å². The summed E-state index contributed by atoms with van der Waals surface area (Å²) in [5, 5.41) is 4.25. The van der Waals surface area contributed by atoms with Gasteiger partial charge in [-0.2, -0.15) is 31.4 Å². The number of rotatable bonds is 7. The Morgan fingerprint density at radius 2 is 1.82 bits per heavy atom. The number of hydrogen-bond acceptors (Lipinski definition) is 7. The summed E-state index contributed by atoms with van der Waals surface area (Å²) in [5.41, 5.74) is 6.16. The largest absolute Gasteiger partial charge is 0.490 e. The first-order valence-electron chi connectivity index (χ1n) is 11.1. The molecule has 38 heavy (non-hydrogen) atoms. The third-order valence-corrected chi connectivity index (χ3v) is 5.99. The lowest BCUT2D eigenvalue weighted by molar-refractivity contribution is -0.280. The van der Waals surface area contributed by atoms with Gasteiger partial charge in [0.15, 0.2) is 0 Å². The number of primary amides is 1. The Kier molecular flexibility index (Phi) is 6.57. The molecular weight excluding hydrogens is 522 g/mol. The van der Waals surface area contributed by atoms with E-state index < -0.39 is 35.4 Å². The van der Waals surface area contributed by atoms with Crippen LogP contribution in [0.3, 0.4) is 0 Å². The van der Waals surface area contributed by atoms with E-state index in [0.29, 0.717) is 29.7 Å². The number of nitrogens with two attached hydrogens (primary N) is 2. The van der Waals surface area contributed by atoms with Gasteiger partial charge >= 0.3 is 23.9 Å². The van der Waals surface area contributed by atoms with Gasteiger partial charge in [-0.25, -0.2) is 14.8 Å². The van der Waals surface area contributed by atoms with Crippen LogP contribution in [0.1, 0.15) is 24.0 Å². The Bertz CT molecular complexity index is 1400. The number of esters is 1. The van der Waals surface area contributed by atoms with Crippen molar-refractivity contribution in [2.75, 3.05) is 5.73 Å². The van der Waals surface area contributed by atoms with E-state index >= 15 is 0 Å². The number of carbonyl (C=O) groups is 2. The van der Waals surface area contributed by atoms with E-state index in [1.54, 1.807) is 10.9 Å². The van der Waals surface area contributed by atoms with Gasteiger partial charge in [0.1, 0.15) is 11.5 Å². The summed E-state index contributed by atoms with van der Waals surface area (Å²) in [6, 6.07) is 2.49. The molecule has 0 spiro atoms. The van der Waals surface area contributed by atoms with Crippen LogP contribution in [0.4, 0.5) is 32.2 Å². The lowest BCUT2D eigenvalue weighted by Gasteiger charge is -2.33. The first kappa shape index (κ1) is 26.9. The number of benzene rings is 1. The maximum Gasteiger partial charge on any atom is 0.490 e. The number of aryl methyl sites for hydroxylation is 1.